The fraction of sp³-hybridized carbons (Fsp3) is 0.304. The number of aromatic hydroxyl groups is 1. The van der Waals surface area contributed by atoms with Gasteiger partial charge >= 0.3 is 0 Å². The summed E-state index contributed by atoms with van der Waals surface area (Å²) in [6.07, 6.45) is 0. The first-order chi connectivity index (χ1) is 15.9. The maximum Gasteiger partial charge on any atom is 0.295 e. The number of hydrogen-bond acceptors (Lipinski definition) is 8. The van der Waals surface area contributed by atoms with E-state index in [4.69, 9.17) is 18.9 Å². The number of methoxy groups -OCH3 is 2. The van der Waals surface area contributed by atoms with E-state index < -0.39 is 17.7 Å². The zero-order valence-corrected chi connectivity index (χ0v) is 19.5. The maximum absolute atomic E-state index is 13.1. The van der Waals surface area contributed by atoms with Crippen molar-refractivity contribution in [3.05, 3.63) is 51.5 Å². The third kappa shape index (κ3) is 4.11. The minimum atomic E-state index is -0.931. The van der Waals surface area contributed by atoms with E-state index >= 15 is 0 Å². The van der Waals surface area contributed by atoms with E-state index in [1.807, 2.05) is 0 Å². The average molecular weight is 520 g/mol. The first-order valence-corrected chi connectivity index (χ1v) is 10.9. The molecule has 1 amide bonds. The topological polar surface area (TPSA) is 115 Å². The van der Waals surface area contributed by atoms with Crippen molar-refractivity contribution in [2.75, 3.05) is 40.6 Å². The summed E-state index contributed by atoms with van der Waals surface area (Å²) in [4.78, 5) is 27.3. The number of phenols is 1. The Hall–Kier alpha value is -3.24. The molecule has 1 fully saturated rings. The number of fused-ring (bicyclic) bond motifs is 1. The number of aliphatic hydroxyl groups is 1. The highest BCUT2D eigenvalue weighted by atomic mass is 79.9. The van der Waals surface area contributed by atoms with Crippen LogP contribution >= 0.6 is 15.9 Å². The minimum Gasteiger partial charge on any atom is -0.507 e. The fourth-order valence-corrected chi connectivity index (χ4v) is 4.36. The molecule has 0 bridgehead atoms. The largest absolute Gasteiger partial charge is 0.507 e. The molecule has 0 saturated carbocycles. The van der Waals surface area contributed by atoms with E-state index in [-0.39, 0.29) is 36.0 Å². The van der Waals surface area contributed by atoms with Crippen molar-refractivity contribution in [3.8, 4) is 23.0 Å². The molecule has 2 aromatic rings. The number of benzene rings is 2. The summed E-state index contributed by atoms with van der Waals surface area (Å²) in [7, 11) is 2.88. The number of ether oxygens (including phenoxy) is 4. The number of hydrogen-bond donors (Lipinski definition) is 2. The molecule has 2 aromatic carbocycles. The molecule has 2 aliphatic rings. The first-order valence-electron chi connectivity index (χ1n) is 10.1. The number of Topliss-reactive ketones (excluding diaryl/α,β-unsaturated/α-hetero) is 1. The van der Waals surface area contributed by atoms with E-state index in [1.54, 1.807) is 24.3 Å². The first kappa shape index (κ1) is 22.9. The molecule has 33 heavy (non-hydrogen) atoms. The van der Waals surface area contributed by atoms with E-state index in [2.05, 4.69) is 15.9 Å². The van der Waals surface area contributed by atoms with Crippen LogP contribution in [0, 0.1) is 0 Å². The molecule has 9 nitrogen and oxygen atoms in total. The lowest BCUT2D eigenvalue weighted by atomic mass is 9.95. The number of phenolic OH excluding ortho intramolecular Hbond substituents is 1. The Morgan fingerprint density at radius 2 is 1.88 bits per heavy atom. The van der Waals surface area contributed by atoms with E-state index in [0.717, 1.165) is 0 Å². The molecule has 10 heteroatoms. The standard InChI is InChI=1S/C23H22BrNO8/c1-30-6-5-25-19(13-9-14(24)21(27)17(11-13)31-2)18(22(28)23(25)29)20(26)12-3-4-15-16(10-12)33-8-7-32-15/h3-4,9-11,19,26-27H,5-8H2,1-2H3/b20-18+. The van der Waals surface area contributed by atoms with Gasteiger partial charge in [0, 0.05) is 19.2 Å². The van der Waals surface area contributed by atoms with Crippen molar-refractivity contribution < 1.29 is 38.7 Å². The summed E-state index contributed by atoms with van der Waals surface area (Å²) in [6, 6.07) is 6.96. The number of halogens is 1. The van der Waals surface area contributed by atoms with Gasteiger partial charge in [0.1, 0.15) is 19.0 Å². The molecular formula is C23H22BrNO8. The van der Waals surface area contributed by atoms with Crippen molar-refractivity contribution >= 4 is 33.4 Å². The number of aliphatic hydroxyl groups excluding tert-OH is 1. The van der Waals surface area contributed by atoms with Crippen LogP contribution in [0.5, 0.6) is 23.0 Å². The van der Waals surface area contributed by atoms with Crippen LogP contribution in [0.2, 0.25) is 0 Å². The Morgan fingerprint density at radius 3 is 2.58 bits per heavy atom. The molecule has 2 aliphatic heterocycles. The molecule has 1 atom stereocenters. The Balaban J connectivity index is 1.88. The van der Waals surface area contributed by atoms with Crippen molar-refractivity contribution in [1.82, 2.24) is 4.90 Å². The molecule has 1 saturated heterocycles. The highest BCUT2D eigenvalue weighted by Crippen LogP contribution is 2.44. The van der Waals surface area contributed by atoms with E-state index in [9.17, 15) is 19.8 Å². The second kappa shape index (κ2) is 9.32. The number of carbonyl (C=O) groups is 2. The van der Waals surface area contributed by atoms with Crippen LogP contribution in [0.25, 0.3) is 5.76 Å². The van der Waals surface area contributed by atoms with Gasteiger partial charge in [-0.25, -0.2) is 0 Å². The molecular weight excluding hydrogens is 498 g/mol. The second-order valence-electron chi connectivity index (χ2n) is 7.40. The summed E-state index contributed by atoms with van der Waals surface area (Å²) >= 11 is 3.28. The fourth-order valence-electron chi connectivity index (χ4n) is 3.90. The lowest BCUT2D eigenvalue weighted by molar-refractivity contribution is -0.140. The SMILES string of the molecule is COCCN1C(=O)C(=O)/C(=C(/O)c2ccc3c(c2)OCCO3)C1c1cc(Br)c(O)c(OC)c1. The molecule has 0 spiro atoms. The molecule has 1 unspecified atom stereocenters. The van der Waals surface area contributed by atoms with Crippen molar-refractivity contribution in [2.45, 2.75) is 6.04 Å². The average Bonchev–Trinajstić information content (AvgIpc) is 3.08. The Morgan fingerprint density at radius 1 is 1.15 bits per heavy atom. The predicted octanol–water partition coefficient (Wildman–Crippen LogP) is 3.00. The van der Waals surface area contributed by atoms with Crippen molar-refractivity contribution in [1.29, 1.82) is 0 Å². The third-order valence-electron chi connectivity index (χ3n) is 5.48. The van der Waals surface area contributed by atoms with Gasteiger partial charge < -0.3 is 34.1 Å². The van der Waals surface area contributed by atoms with Gasteiger partial charge in [-0.05, 0) is 51.8 Å². The van der Waals surface area contributed by atoms with E-state index in [0.29, 0.717) is 40.3 Å². The minimum absolute atomic E-state index is 0.0903. The van der Waals surface area contributed by atoms with Gasteiger partial charge in [0.15, 0.2) is 23.0 Å². The number of ketones is 1. The zero-order valence-electron chi connectivity index (χ0n) is 18.0. The molecule has 2 N–H and O–H groups in total. The van der Waals surface area contributed by atoms with Gasteiger partial charge in [0.2, 0.25) is 0 Å². The Kier molecular flexibility index (Phi) is 6.48. The summed E-state index contributed by atoms with van der Waals surface area (Å²) in [6.45, 7) is 1.08. The molecule has 4 rings (SSSR count). The van der Waals surface area contributed by atoms with E-state index in [1.165, 1.54) is 25.2 Å². The molecule has 174 valence electrons. The predicted molar refractivity (Wildman–Crippen MR) is 121 cm³/mol. The van der Waals surface area contributed by atoms with Gasteiger partial charge in [0.05, 0.1) is 29.8 Å². The normalized spacial score (nSPS) is 19.1. The van der Waals surface area contributed by atoms with Crippen LogP contribution in [-0.4, -0.2) is 67.4 Å². The summed E-state index contributed by atoms with van der Waals surface area (Å²) in [5.41, 5.74) is 0.678. The maximum atomic E-state index is 13.1. The number of rotatable bonds is 6. The zero-order chi connectivity index (χ0) is 23.7. The summed E-state index contributed by atoms with van der Waals surface area (Å²) < 4.78 is 21.8. The van der Waals surface area contributed by atoms with Gasteiger partial charge in [-0.2, -0.15) is 0 Å². The lowest BCUT2D eigenvalue weighted by Gasteiger charge is -2.26. The number of likely N-dealkylation sites (tertiary alicyclic amines) is 1. The molecule has 0 radical (unpaired) electrons. The molecule has 0 aliphatic carbocycles. The van der Waals surface area contributed by atoms with Crippen molar-refractivity contribution in [3.63, 3.8) is 0 Å². The highest BCUT2D eigenvalue weighted by Gasteiger charge is 2.46. The van der Waals surface area contributed by atoms with Gasteiger partial charge in [-0.3, -0.25) is 9.59 Å². The van der Waals surface area contributed by atoms with Crippen molar-refractivity contribution in [2.24, 2.45) is 0 Å². The number of nitrogens with zero attached hydrogens (tertiary/aromatic N) is 1. The lowest BCUT2D eigenvalue weighted by Crippen LogP contribution is -2.32. The van der Waals surface area contributed by atoms with Crippen LogP contribution in [-0.2, 0) is 14.3 Å². The van der Waals surface area contributed by atoms with Gasteiger partial charge in [-0.15, -0.1) is 0 Å². The third-order valence-corrected chi connectivity index (χ3v) is 6.08. The van der Waals surface area contributed by atoms with Crippen LogP contribution in [0.4, 0.5) is 0 Å². The quantitative estimate of drug-likeness (QED) is 0.340. The van der Waals surface area contributed by atoms with Crippen LogP contribution in [0.1, 0.15) is 17.2 Å². The smallest absolute Gasteiger partial charge is 0.295 e. The number of amides is 1. The van der Waals surface area contributed by atoms with Gasteiger partial charge in [0.25, 0.3) is 11.7 Å². The van der Waals surface area contributed by atoms with Gasteiger partial charge in [-0.1, -0.05) is 0 Å². The molecule has 2 heterocycles. The summed E-state index contributed by atoms with van der Waals surface area (Å²) in [5.74, 6) is -0.950. The Labute approximate surface area is 198 Å². The Bertz CT molecular complexity index is 1150. The van der Waals surface area contributed by atoms with Crippen LogP contribution < -0.4 is 14.2 Å². The van der Waals surface area contributed by atoms with Crippen LogP contribution in [0.3, 0.4) is 0 Å². The second-order valence-corrected chi connectivity index (χ2v) is 8.25. The van der Waals surface area contributed by atoms with Crippen LogP contribution in [0.15, 0.2) is 40.4 Å². The molecule has 0 aromatic heterocycles. The monoisotopic (exact) mass is 519 g/mol. The number of carbonyl (C=O) groups excluding carboxylic acids is 2. The summed E-state index contributed by atoms with van der Waals surface area (Å²) in [5, 5.41) is 21.4. The highest BCUT2D eigenvalue weighted by molar-refractivity contribution is 9.10.